The van der Waals surface area contributed by atoms with Gasteiger partial charge in [-0.15, -0.1) is 0 Å². The molecule has 1 amide bonds. The highest BCUT2D eigenvalue weighted by Gasteiger charge is 2.31. The number of ether oxygens (including phenoxy) is 1. The third-order valence-corrected chi connectivity index (χ3v) is 5.59. The van der Waals surface area contributed by atoms with Crippen LogP contribution in [-0.4, -0.2) is 44.0 Å². The fraction of sp³-hybridized carbons (Fsp3) is 0.435. The second-order valence-corrected chi connectivity index (χ2v) is 9.10. The number of fused-ring (bicyclic) bond motifs is 1. The first-order valence-electron chi connectivity index (χ1n) is 10.5. The maximum Gasteiger partial charge on any atom is 0.410 e. The van der Waals surface area contributed by atoms with E-state index >= 15 is 0 Å². The van der Waals surface area contributed by atoms with Crippen molar-refractivity contribution >= 4 is 28.4 Å². The predicted molar refractivity (Wildman–Crippen MR) is 121 cm³/mol. The van der Waals surface area contributed by atoms with Crippen LogP contribution in [-0.2, 0) is 11.8 Å². The molecule has 0 aliphatic carbocycles. The Bertz CT molecular complexity index is 1190. The molecule has 8 heteroatoms. The van der Waals surface area contributed by atoms with E-state index in [1.807, 2.05) is 26.8 Å². The van der Waals surface area contributed by atoms with Gasteiger partial charge in [-0.05, 0) is 58.4 Å². The third-order valence-electron chi connectivity index (χ3n) is 5.59. The lowest BCUT2D eigenvalue weighted by molar-refractivity contribution is 0.0289. The molecule has 3 aromatic rings. The second kappa shape index (κ2) is 7.76. The molecule has 2 aromatic heterocycles. The molecule has 0 saturated carbocycles. The monoisotopic (exact) mass is 423 g/mol. The van der Waals surface area contributed by atoms with E-state index in [-0.39, 0.29) is 17.7 Å². The molecule has 3 heterocycles. The Morgan fingerprint density at radius 1 is 1.26 bits per heavy atom. The maximum absolute atomic E-state index is 12.4. The van der Waals surface area contributed by atoms with Crippen molar-refractivity contribution in [3.05, 3.63) is 52.6 Å². The third kappa shape index (κ3) is 4.28. The molecule has 31 heavy (non-hydrogen) atoms. The number of hydrogen-bond acceptors (Lipinski definition) is 5. The van der Waals surface area contributed by atoms with Crippen LogP contribution in [0.2, 0.25) is 0 Å². The van der Waals surface area contributed by atoms with Crippen molar-refractivity contribution < 1.29 is 9.53 Å². The van der Waals surface area contributed by atoms with E-state index < -0.39 is 5.60 Å². The van der Waals surface area contributed by atoms with E-state index in [0.29, 0.717) is 24.3 Å². The lowest BCUT2D eigenvalue weighted by Crippen LogP contribution is -2.35. The lowest BCUT2D eigenvalue weighted by atomic mass is 10.2. The Labute approximate surface area is 181 Å². The minimum atomic E-state index is -0.490. The van der Waals surface area contributed by atoms with Crippen LogP contribution in [0.15, 0.2) is 41.5 Å². The normalized spacial score (nSPS) is 16.7. The maximum atomic E-state index is 12.4. The van der Waals surface area contributed by atoms with Gasteiger partial charge < -0.3 is 19.5 Å². The van der Waals surface area contributed by atoms with E-state index in [0.717, 1.165) is 23.0 Å². The number of amides is 1. The van der Waals surface area contributed by atoms with Crippen LogP contribution in [0.4, 0.5) is 16.2 Å². The van der Waals surface area contributed by atoms with Crippen LogP contribution < -0.4 is 10.9 Å². The number of anilines is 2. The Morgan fingerprint density at radius 2 is 2.03 bits per heavy atom. The Hall–Kier alpha value is -3.29. The smallest absolute Gasteiger partial charge is 0.410 e. The molecular weight excluding hydrogens is 394 g/mol. The van der Waals surface area contributed by atoms with Crippen molar-refractivity contribution in [1.82, 2.24) is 19.2 Å². The molecule has 1 atom stereocenters. The summed E-state index contributed by atoms with van der Waals surface area (Å²) in [5.74, 6) is 0. The van der Waals surface area contributed by atoms with Crippen LogP contribution in [0, 0.1) is 6.92 Å². The largest absolute Gasteiger partial charge is 0.444 e. The molecule has 0 radical (unpaired) electrons. The summed E-state index contributed by atoms with van der Waals surface area (Å²) >= 11 is 0. The quantitative estimate of drug-likeness (QED) is 0.689. The summed E-state index contributed by atoms with van der Waals surface area (Å²) in [5.41, 5.74) is 2.72. The molecule has 1 N–H and O–H groups in total. The SMILES string of the molecule is Cc1c(Nc2ccc3c(ccn3C3CCN(C(=O)OC(C)(C)C)C3)c2)cnn(C)c1=O. The van der Waals surface area contributed by atoms with Crippen molar-refractivity contribution in [2.24, 2.45) is 7.05 Å². The number of carbonyl (C=O) groups excluding carboxylic acids is 1. The van der Waals surface area contributed by atoms with Gasteiger partial charge in [0.05, 0.1) is 17.9 Å². The van der Waals surface area contributed by atoms with Gasteiger partial charge in [-0.2, -0.15) is 5.10 Å². The highest BCUT2D eigenvalue weighted by molar-refractivity contribution is 5.85. The number of benzene rings is 1. The predicted octanol–water partition coefficient (Wildman–Crippen LogP) is 3.97. The summed E-state index contributed by atoms with van der Waals surface area (Å²) in [7, 11) is 1.64. The van der Waals surface area contributed by atoms with Crippen LogP contribution in [0.1, 0.15) is 38.8 Å². The Balaban J connectivity index is 1.52. The van der Waals surface area contributed by atoms with Crippen LogP contribution in [0.25, 0.3) is 10.9 Å². The van der Waals surface area contributed by atoms with E-state index in [9.17, 15) is 9.59 Å². The fourth-order valence-corrected chi connectivity index (χ4v) is 3.95. The summed E-state index contributed by atoms with van der Waals surface area (Å²) in [5, 5.41) is 8.49. The van der Waals surface area contributed by atoms with Gasteiger partial charge in [0.15, 0.2) is 0 Å². The average molecular weight is 424 g/mol. The van der Waals surface area contributed by atoms with Gasteiger partial charge in [0.2, 0.25) is 0 Å². The highest BCUT2D eigenvalue weighted by atomic mass is 16.6. The molecule has 1 aromatic carbocycles. The zero-order valence-electron chi connectivity index (χ0n) is 18.7. The van der Waals surface area contributed by atoms with Gasteiger partial charge in [-0.25, -0.2) is 9.48 Å². The molecule has 1 unspecified atom stereocenters. The topological polar surface area (TPSA) is 81.4 Å². The van der Waals surface area contributed by atoms with E-state index in [1.165, 1.54) is 4.68 Å². The minimum Gasteiger partial charge on any atom is -0.444 e. The van der Waals surface area contributed by atoms with Gasteiger partial charge in [0.1, 0.15) is 5.60 Å². The minimum absolute atomic E-state index is 0.118. The number of carbonyl (C=O) groups is 1. The molecule has 1 fully saturated rings. The van der Waals surface area contributed by atoms with Crippen molar-refractivity contribution in [3.8, 4) is 0 Å². The number of hydrogen-bond donors (Lipinski definition) is 1. The molecule has 0 bridgehead atoms. The number of aryl methyl sites for hydroxylation is 1. The first kappa shape index (κ1) is 21.0. The second-order valence-electron chi connectivity index (χ2n) is 9.10. The van der Waals surface area contributed by atoms with Crippen molar-refractivity contribution in [1.29, 1.82) is 0 Å². The zero-order valence-corrected chi connectivity index (χ0v) is 18.7. The number of aromatic nitrogens is 3. The lowest BCUT2D eigenvalue weighted by Gasteiger charge is -2.24. The van der Waals surface area contributed by atoms with Crippen molar-refractivity contribution in [2.75, 3.05) is 18.4 Å². The summed E-state index contributed by atoms with van der Waals surface area (Å²) < 4.78 is 9.07. The molecule has 4 rings (SSSR count). The van der Waals surface area contributed by atoms with E-state index in [2.05, 4.69) is 39.4 Å². The zero-order chi connectivity index (χ0) is 22.3. The molecule has 8 nitrogen and oxygen atoms in total. The van der Waals surface area contributed by atoms with Gasteiger partial charge >= 0.3 is 6.09 Å². The molecular formula is C23H29N5O3. The Kier molecular flexibility index (Phi) is 5.24. The van der Waals surface area contributed by atoms with Gasteiger partial charge in [0, 0.05) is 48.5 Å². The molecule has 1 saturated heterocycles. The van der Waals surface area contributed by atoms with Crippen LogP contribution >= 0.6 is 0 Å². The molecule has 164 valence electrons. The van der Waals surface area contributed by atoms with Crippen LogP contribution in [0.3, 0.4) is 0 Å². The number of nitrogens with one attached hydrogen (secondary N) is 1. The number of nitrogens with zero attached hydrogens (tertiary/aromatic N) is 4. The van der Waals surface area contributed by atoms with Crippen LogP contribution in [0.5, 0.6) is 0 Å². The Morgan fingerprint density at radius 3 is 2.77 bits per heavy atom. The summed E-state index contributed by atoms with van der Waals surface area (Å²) in [6.45, 7) is 8.76. The molecule has 1 aliphatic rings. The first-order chi connectivity index (χ1) is 14.6. The van der Waals surface area contributed by atoms with Crippen molar-refractivity contribution in [2.45, 2.75) is 45.8 Å². The summed E-state index contributed by atoms with van der Waals surface area (Å²) in [4.78, 5) is 26.3. The van der Waals surface area contributed by atoms with Gasteiger partial charge in [0.25, 0.3) is 5.56 Å². The molecule has 0 spiro atoms. The fourth-order valence-electron chi connectivity index (χ4n) is 3.95. The van der Waals surface area contributed by atoms with Gasteiger partial charge in [-0.3, -0.25) is 4.79 Å². The van der Waals surface area contributed by atoms with Gasteiger partial charge in [-0.1, -0.05) is 0 Å². The summed E-state index contributed by atoms with van der Waals surface area (Å²) in [6.07, 6.45) is 4.37. The standard InChI is InChI=1S/C23H29N5O3/c1-15-19(13-24-26(5)21(15)29)25-17-6-7-20-16(12-17)8-11-28(20)18-9-10-27(14-18)22(30)31-23(2,3)4/h6-8,11-13,18,25H,9-10,14H2,1-5H3. The number of rotatable bonds is 3. The van der Waals surface area contributed by atoms with E-state index in [1.54, 1.807) is 25.1 Å². The number of likely N-dealkylation sites (tertiary alicyclic amines) is 1. The summed E-state index contributed by atoms with van der Waals surface area (Å²) in [6, 6.07) is 8.41. The van der Waals surface area contributed by atoms with E-state index in [4.69, 9.17) is 4.74 Å². The first-order valence-corrected chi connectivity index (χ1v) is 10.5. The van der Waals surface area contributed by atoms with Crippen molar-refractivity contribution in [3.63, 3.8) is 0 Å². The highest BCUT2D eigenvalue weighted by Crippen LogP contribution is 2.30. The average Bonchev–Trinajstić information content (AvgIpc) is 3.34. The molecule has 1 aliphatic heterocycles.